The molecule has 3 heteroatoms. The second kappa shape index (κ2) is 6.24. The van der Waals surface area contributed by atoms with Crippen LogP contribution in [0.15, 0.2) is 0 Å². The molecule has 2 fully saturated rings. The fraction of sp³-hybridized carbons (Fsp3) is 0.923. The maximum Gasteiger partial charge on any atom is 0.237 e. The van der Waals surface area contributed by atoms with E-state index in [4.69, 9.17) is 0 Å². The van der Waals surface area contributed by atoms with Gasteiger partial charge in [0.25, 0.3) is 0 Å². The largest absolute Gasteiger partial charge is 0.354 e. The Bertz CT molecular complexity index is 218. The topological polar surface area (TPSA) is 41.1 Å². The minimum atomic E-state index is 0.0809. The zero-order chi connectivity index (χ0) is 11.2. The van der Waals surface area contributed by atoms with Crippen molar-refractivity contribution in [3.63, 3.8) is 0 Å². The first-order valence-corrected chi connectivity index (χ1v) is 6.87. The van der Waals surface area contributed by atoms with Crippen molar-refractivity contribution in [3.8, 4) is 0 Å². The highest BCUT2D eigenvalue weighted by molar-refractivity contribution is 5.81. The molecule has 0 aromatic rings. The highest BCUT2D eigenvalue weighted by Crippen LogP contribution is 2.22. The summed E-state index contributed by atoms with van der Waals surface area (Å²) in [7, 11) is 0. The van der Waals surface area contributed by atoms with Gasteiger partial charge in [0.05, 0.1) is 6.04 Å². The average molecular weight is 224 g/mol. The Hall–Kier alpha value is -0.570. The lowest BCUT2D eigenvalue weighted by Crippen LogP contribution is -2.47. The van der Waals surface area contributed by atoms with Gasteiger partial charge in [-0.15, -0.1) is 0 Å². The maximum absolute atomic E-state index is 11.9. The quantitative estimate of drug-likeness (QED) is 0.768. The Morgan fingerprint density at radius 2 is 1.81 bits per heavy atom. The molecule has 92 valence electrons. The zero-order valence-corrected chi connectivity index (χ0v) is 10.1. The van der Waals surface area contributed by atoms with Crippen LogP contribution in [0.25, 0.3) is 0 Å². The number of hydrogen-bond acceptors (Lipinski definition) is 2. The predicted molar refractivity (Wildman–Crippen MR) is 65.2 cm³/mol. The molecular formula is C13H24N2O. The molecule has 1 unspecified atom stereocenters. The van der Waals surface area contributed by atoms with Gasteiger partial charge in [0, 0.05) is 6.54 Å². The van der Waals surface area contributed by atoms with E-state index in [0.717, 1.165) is 25.4 Å². The molecule has 1 saturated carbocycles. The van der Waals surface area contributed by atoms with Gasteiger partial charge in [0.2, 0.25) is 5.91 Å². The second-order valence-corrected chi connectivity index (χ2v) is 5.25. The van der Waals surface area contributed by atoms with Crippen molar-refractivity contribution in [1.29, 1.82) is 0 Å². The molecule has 2 rings (SSSR count). The molecule has 3 nitrogen and oxygen atoms in total. The molecular weight excluding hydrogens is 200 g/mol. The van der Waals surface area contributed by atoms with E-state index in [1.807, 2.05) is 0 Å². The Balaban J connectivity index is 1.65. The normalized spacial score (nSPS) is 27.6. The van der Waals surface area contributed by atoms with Crippen molar-refractivity contribution in [3.05, 3.63) is 0 Å². The third kappa shape index (κ3) is 3.48. The van der Waals surface area contributed by atoms with Crippen LogP contribution in [0.3, 0.4) is 0 Å². The Morgan fingerprint density at radius 1 is 1.06 bits per heavy atom. The van der Waals surface area contributed by atoms with Gasteiger partial charge in [-0.05, 0) is 38.1 Å². The van der Waals surface area contributed by atoms with Crippen LogP contribution in [-0.4, -0.2) is 25.0 Å². The van der Waals surface area contributed by atoms with E-state index >= 15 is 0 Å². The zero-order valence-electron chi connectivity index (χ0n) is 10.1. The molecule has 2 aliphatic rings. The highest BCUT2D eigenvalue weighted by atomic mass is 16.2. The van der Waals surface area contributed by atoms with Crippen LogP contribution in [-0.2, 0) is 4.79 Å². The summed E-state index contributed by atoms with van der Waals surface area (Å²) in [4.78, 5) is 11.9. The van der Waals surface area contributed by atoms with Gasteiger partial charge in [0.1, 0.15) is 0 Å². The summed E-state index contributed by atoms with van der Waals surface area (Å²) in [6.45, 7) is 1.90. The van der Waals surface area contributed by atoms with Crippen LogP contribution in [0.4, 0.5) is 0 Å². The van der Waals surface area contributed by atoms with E-state index in [9.17, 15) is 4.79 Å². The molecule has 0 aromatic carbocycles. The minimum Gasteiger partial charge on any atom is -0.354 e. The van der Waals surface area contributed by atoms with Gasteiger partial charge in [-0.1, -0.05) is 25.7 Å². The average Bonchev–Trinajstić information content (AvgIpc) is 2.38. The highest BCUT2D eigenvalue weighted by Gasteiger charge is 2.21. The summed E-state index contributed by atoms with van der Waals surface area (Å²) >= 11 is 0. The summed E-state index contributed by atoms with van der Waals surface area (Å²) in [6, 6.07) is 0.0809. The van der Waals surface area contributed by atoms with E-state index in [2.05, 4.69) is 10.6 Å². The van der Waals surface area contributed by atoms with Gasteiger partial charge in [0.15, 0.2) is 0 Å². The van der Waals surface area contributed by atoms with E-state index in [-0.39, 0.29) is 11.9 Å². The van der Waals surface area contributed by atoms with Crippen LogP contribution >= 0.6 is 0 Å². The van der Waals surface area contributed by atoms with E-state index in [1.54, 1.807) is 0 Å². The fourth-order valence-corrected chi connectivity index (χ4v) is 2.84. The van der Waals surface area contributed by atoms with Crippen LogP contribution in [0.1, 0.15) is 51.4 Å². The summed E-state index contributed by atoms with van der Waals surface area (Å²) in [5, 5.41) is 6.42. The standard InChI is InChI=1S/C13H24N2O/c16-13(12-8-4-5-9-14-12)15-10-11-6-2-1-3-7-11/h11-12,14H,1-10H2,(H,15,16). The Labute approximate surface area is 98.4 Å². The van der Waals surface area contributed by atoms with Crippen LogP contribution < -0.4 is 10.6 Å². The third-order valence-electron chi connectivity index (χ3n) is 3.92. The molecule has 0 radical (unpaired) electrons. The third-order valence-corrected chi connectivity index (χ3v) is 3.92. The number of nitrogens with one attached hydrogen (secondary N) is 2. The first-order valence-electron chi connectivity index (χ1n) is 6.87. The van der Waals surface area contributed by atoms with Crippen LogP contribution in [0.5, 0.6) is 0 Å². The molecule has 1 aliphatic carbocycles. The lowest BCUT2D eigenvalue weighted by Gasteiger charge is -2.25. The van der Waals surface area contributed by atoms with Crippen molar-refractivity contribution in [1.82, 2.24) is 10.6 Å². The Kier molecular flexibility index (Phi) is 4.64. The molecule has 1 heterocycles. The number of hydrogen-bond donors (Lipinski definition) is 2. The molecule has 2 N–H and O–H groups in total. The monoisotopic (exact) mass is 224 g/mol. The lowest BCUT2D eigenvalue weighted by molar-refractivity contribution is -0.123. The van der Waals surface area contributed by atoms with Crippen molar-refractivity contribution in [2.45, 2.75) is 57.4 Å². The SMILES string of the molecule is O=C(NCC1CCCCC1)C1CCCCN1. The summed E-state index contributed by atoms with van der Waals surface area (Å²) in [6.07, 6.45) is 10.1. The smallest absolute Gasteiger partial charge is 0.237 e. The van der Waals surface area contributed by atoms with Gasteiger partial charge in [-0.25, -0.2) is 0 Å². The van der Waals surface area contributed by atoms with Crippen LogP contribution in [0, 0.1) is 5.92 Å². The van der Waals surface area contributed by atoms with Crippen molar-refractivity contribution < 1.29 is 4.79 Å². The minimum absolute atomic E-state index is 0.0809. The van der Waals surface area contributed by atoms with Gasteiger partial charge in [-0.3, -0.25) is 4.79 Å². The second-order valence-electron chi connectivity index (χ2n) is 5.25. The van der Waals surface area contributed by atoms with Crippen LogP contribution in [0.2, 0.25) is 0 Å². The number of carbonyl (C=O) groups excluding carboxylic acids is 1. The van der Waals surface area contributed by atoms with Gasteiger partial charge >= 0.3 is 0 Å². The number of amides is 1. The predicted octanol–water partition coefficient (Wildman–Crippen LogP) is 1.82. The fourth-order valence-electron chi connectivity index (χ4n) is 2.84. The van der Waals surface area contributed by atoms with Crippen molar-refractivity contribution >= 4 is 5.91 Å². The lowest BCUT2D eigenvalue weighted by atomic mass is 9.89. The molecule has 1 saturated heterocycles. The van der Waals surface area contributed by atoms with Crippen molar-refractivity contribution in [2.24, 2.45) is 5.92 Å². The number of piperidine rings is 1. The summed E-state index contributed by atoms with van der Waals surface area (Å²) in [5.74, 6) is 0.964. The molecule has 1 amide bonds. The molecule has 16 heavy (non-hydrogen) atoms. The number of carbonyl (C=O) groups is 1. The molecule has 0 bridgehead atoms. The summed E-state index contributed by atoms with van der Waals surface area (Å²) in [5.41, 5.74) is 0. The van der Waals surface area contributed by atoms with Gasteiger partial charge in [-0.2, -0.15) is 0 Å². The molecule has 1 atom stereocenters. The van der Waals surface area contributed by atoms with E-state index in [0.29, 0.717) is 0 Å². The molecule has 1 aliphatic heterocycles. The first kappa shape index (κ1) is 11.9. The van der Waals surface area contributed by atoms with E-state index < -0.39 is 0 Å². The van der Waals surface area contributed by atoms with Gasteiger partial charge < -0.3 is 10.6 Å². The molecule has 0 aromatic heterocycles. The number of rotatable bonds is 3. The van der Waals surface area contributed by atoms with E-state index in [1.165, 1.54) is 44.9 Å². The first-order chi connectivity index (χ1) is 7.86. The summed E-state index contributed by atoms with van der Waals surface area (Å²) < 4.78 is 0. The maximum atomic E-state index is 11.9. The molecule has 0 spiro atoms. The Morgan fingerprint density at radius 3 is 2.50 bits per heavy atom. The van der Waals surface area contributed by atoms with Crippen molar-refractivity contribution in [2.75, 3.05) is 13.1 Å².